The number of aliphatic hydroxyl groups excluding tert-OH is 1. The smallest absolute Gasteiger partial charge is 0.260 e. The van der Waals surface area contributed by atoms with Crippen molar-refractivity contribution in [2.45, 2.75) is 19.1 Å². The fourth-order valence-corrected chi connectivity index (χ4v) is 4.11. The predicted molar refractivity (Wildman–Crippen MR) is 102 cm³/mol. The number of aliphatic hydroxyl groups is 1. The molecule has 4 nitrogen and oxygen atoms in total. The van der Waals surface area contributed by atoms with Gasteiger partial charge in [0.15, 0.2) is 6.10 Å². The standard InChI is InChI=1S/C19H19NO3S2/c1-13(23-14-6-3-2-4-7-14)19(22)20-12-15(21)16-9-10-18(25-16)17-8-5-11-24-17/h2-11,13,15,21H,12H2,1H3,(H,20,22). The van der Waals surface area contributed by atoms with Gasteiger partial charge in [-0.05, 0) is 42.6 Å². The fraction of sp³-hybridized carbons (Fsp3) is 0.211. The minimum Gasteiger partial charge on any atom is -0.481 e. The molecule has 2 N–H and O–H groups in total. The van der Waals surface area contributed by atoms with E-state index in [0.717, 1.165) is 9.75 Å². The fourth-order valence-electron chi connectivity index (χ4n) is 2.28. The molecule has 0 aliphatic carbocycles. The van der Waals surface area contributed by atoms with Gasteiger partial charge < -0.3 is 15.2 Å². The molecule has 0 aliphatic rings. The van der Waals surface area contributed by atoms with Crippen molar-refractivity contribution in [3.05, 3.63) is 64.9 Å². The molecule has 6 heteroatoms. The van der Waals surface area contributed by atoms with Crippen LogP contribution in [0.2, 0.25) is 0 Å². The second-order valence-corrected chi connectivity index (χ2v) is 7.58. The molecule has 0 bridgehead atoms. The highest BCUT2D eigenvalue weighted by atomic mass is 32.1. The number of carbonyl (C=O) groups is 1. The van der Waals surface area contributed by atoms with Gasteiger partial charge in [-0.3, -0.25) is 4.79 Å². The van der Waals surface area contributed by atoms with Gasteiger partial charge in [-0.15, -0.1) is 22.7 Å². The van der Waals surface area contributed by atoms with Crippen LogP contribution in [0.5, 0.6) is 5.75 Å². The highest BCUT2D eigenvalue weighted by Crippen LogP contribution is 2.33. The van der Waals surface area contributed by atoms with Crippen molar-refractivity contribution in [3.8, 4) is 15.5 Å². The van der Waals surface area contributed by atoms with Crippen LogP contribution in [-0.2, 0) is 4.79 Å². The van der Waals surface area contributed by atoms with E-state index in [9.17, 15) is 9.90 Å². The largest absolute Gasteiger partial charge is 0.481 e. The molecule has 25 heavy (non-hydrogen) atoms. The van der Waals surface area contributed by atoms with Gasteiger partial charge in [0.25, 0.3) is 5.91 Å². The highest BCUT2D eigenvalue weighted by Gasteiger charge is 2.17. The first-order valence-electron chi connectivity index (χ1n) is 7.94. The van der Waals surface area contributed by atoms with Crippen molar-refractivity contribution in [1.29, 1.82) is 0 Å². The number of carbonyl (C=O) groups excluding carboxylic acids is 1. The molecular formula is C19H19NO3S2. The van der Waals surface area contributed by atoms with Crippen molar-refractivity contribution >= 4 is 28.6 Å². The average Bonchev–Trinajstić information content (AvgIpc) is 3.31. The van der Waals surface area contributed by atoms with E-state index in [1.165, 1.54) is 16.2 Å². The molecule has 0 saturated heterocycles. The van der Waals surface area contributed by atoms with Crippen molar-refractivity contribution in [2.75, 3.05) is 6.54 Å². The first-order valence-corrected chi connectivity index (χ1v) is 9.64. The SMILES string of the molecule is CC(Oc1ccccc1)C(=O)NCC(O)c1ccc(-c2cccs2)s1. The van der Waals surface area contributed by atoms with Crippen LogP contribution in [0, 0.1) is 0 Å². The van der Waals surface area contributed by atoms with E-state index in [1.807, 2.05) is 41.8 Å². The third-order valence-corrected chi connectivity index (χ3v) is 5.87. The molecule has 0 fully saturated rings. The Morgan fingerprint density at radius 3 is 2.64 bits per heavy atom. The number of rotatable bonds is 7. The number of hydrogen-bond donors (Lipinski definition) is 2. The summed E-state index contributed by atoms with van der Waals surface area (Å²) in [5.74, 6) is 0.391. The van der Waals surface area contributed by atoms with Gasteiger partial charge in [0.05, 0.1) is 0 Å². The average molecular weight is 373 g/mol. The molecule has 3 rings (SSSR count). The van der Waals surface area contributed by atoms with E-state index in [0.29, 0.717) is 5.75 Å². The maximum atomic E-state index is 12.1. The van der Waals surface area contributed by atoms with Gasteiger partial charge in [0, 0.05) is 21.2 Å². The normalized spacial score (nSPS) is 13.2. The van der Waals surface area contributed by atoms with Crippen LogP contribution in [0.1, 0.15) is 17.9 Å². The van der Waals surface area contributed by atoms with E-state index in [4.69, 9.17) is 4.74 Å². The zero-order chi connectivity index (χ0) is 17.6. The minimum absolute atomic E-state index is 0.158. The zero-order valence-corrected chi connectivity index (χ0v) is 15.3. The van der Waals surface area contributed by atoms with Gasteiger partial charge in [-0.1, -0.05) is 24.3 Å². The van der Waals surface area contributed by atoms with Crippen LogP contribution >= 0.6 is 22.7 Å². The van der Waals surface area contributed by atoms with Crippen LogP contribution in [0.15, 0.2) is 60.0 Å². The van der Waals surface area contributed by atoms with E-state index < -0.39 is 12.2 Å². The second kappa shape index (κ2) is 8.29. The van der Waals surface area contributed by atoms with Gasteiger partial charge in [0.1, 0.15) is 11.9 Å². The molecular weight excluding hydrogens is 354 g/mol. The minimum atomic E-state index is -0.730. The number of hydrogen-bond acceptors (Lipinski definition) is 5. The molecule has 1 amide bonds. The topological polar surface area (TPSA) is 58.6 Å². The lowest BCUT2D eigenvalue weighted by atomic mass is 10.2. The molecule has 0 aliphatic heterocycles. The molecule has 0 radical (unpaired) electrons. The highest BCUT2D eigenvalue weighted by molar-refractivity contribution is 7.21. The first-order chi connectivity index (χ1) is 12.1. The number of ether oxygens (including phenoxy) is 1. The van der Waals surface area contributed by atoms with Crippen LogP contribution in [0.3, 0.4) is 0 Å². The van der Waals surface area contributed by atoms with E-state index in [1.54, 1.807) is 30.4 Å². The van der Waals surface area contributed by atoms with Crippen molar-refractivity contribution < 1.29 is 14.6 Å². The number of thiophene rings is 2. The summed E-state index contributed by atoms with van der Waals surface area (Å²) >= 11 is 3.21. The quantitative estimate of drug-likeness (QED) is 0.656. The van der Waals surface area contributed by atoms with E-state index in [2.05, 4.69) is 11.4 Å². The number of para-hydroxylation sites is 1. The Morgan fingerprint density at radius 2 is 1.92 bits per heavy atom. The first kappa shape index (κ1) is 17.7. The molecule has 2 aromatic heterocycles. The maximum absolute atomic E-state index is 12.1. The molecule has 130 valence electrons. The lowest BCUT2D eigenvalue weighted by Gasteiger charge is -2.16. The molecule has 1 aromatic carbocycles. The summed E-state index contributed by atoms with van der Waals surface area (Å²) in [6.07, 6.45) is -1.36. The van der Waals surface area contributed by atoms with Crippen LogP contribution in [-0.4, -0.2) is 23.7 Å². The Morgan fingerprint density at radius 1 is 1.12 bits per heavy atom. The van der Waals surface area contributed by atoms with Crippen LogP contribution < -0.4 is 10.1 Å². The zero-order valence-electron chi connectivity index (χ0n) is 13.7. The monoisotopic (exact) mass is 373 g/mol. The van der Waals surface area contributed by atoms with Crippen molar-refractivity contribution in [1.82, 2.24) is 5.32 Å². The Bertz CT molecular complexity index is 799. The van der Waals surface area contributed by atoms with Crippen LogP contribution in [0.25, 0.3) is 9.75 Å². The molecule has 3 aromatic rings. The van der Waals surface area contributed by atoms with Gasteiger partial charge in [-0.2, -0.15) is 0 Å². The Balaban J connectivity index is 1.51. The molecule has 0 spiro atoms. The maximum Gasteiger partial charge on any atom is 0.260 e. The van der Waals surface area contributed by atoms with Gasteiger partial charge in [-0.25, -0.2) is 0 Å². The molecule has 2 unspecified atom stereocenters. The number of benzene rings is 1. The molecule has 2 heterocycles. The van der Waals surface area contributed by atoms with E-state index in [-0.39, 0.29) is 12.5 Å². The molecule has 2 atom stereocenters. The summed E-state index contributed by atoms with van der Waals surface area (Å²) in [5.41, 5.74) is 0. The van der Waals surface area contributed by atoms with E-state index >= 15 is 0 Å². The summed E-state index contributed by atoms with van der Waals surface area (Å²) in [6, 6.07) is 17.2. The number of nitrogens with one attached hydrogen (secondary N) is 1. The summed E-state index contributed by atoms with van der Waals surface area (Å²) < 4.78 is 5.58. The lowest BCUT2D eigenvalue weighted by molar-refractivity contribution is -0.127. The summed E-state index contributed by atoms with van der Waals surface area (Å²) in [4.78, 5) is 15.3. The van der Waals surface area contributed by atoms with Crippen LogP contribution in [0.4, 0.5) is 0 Å². The summed E-state index contributed by atoms with van der Waals surface area (Å²) in [5, 5.41) is 15.1. The molecule has 0 saturated carbocycles. The predicted octanol–water partition coefficient (Wildman–Crippen LogP) is 4.09. The number of amides is 1. The third kappa shape index (κ3) is 4.69. The Hall–Kier alpha value is -2.15. The van der Waals surface area contributed by atoms with Gasteiger partial charge in [0.2, 0.25) is 0 Å². The summed E-state index contributed by atoms with van der Waals surface area (Å²) in [7, 11) is 0. The second-order valence-electron chi connectivity index (χ2n) is 5.51. The van der Waals surface area contributed by atoms with Crippen molar-refractivity contribution in [3.63, 3.8) is 0 Å². The van der Waals surface area contributed by atoms with Gasteiger partial charge >= 0.3 is 0 Å². The summed E-state index contributed by atoms with van der Waals surface area (Å²) in [6.45, 7) is 1.85. The Labute approximate surface area is 154 Å². The van der Waals surface area contributed by atoms with Crippen molar-refractivity contribution in [2.24, 2.45) is 0 Å². The third-order valence-electron chi connectivity index (χ3n) is 3.61. The Kier molecular flexibility index (Phi) is 5.86. The lowest BCUT2D eigenvalue weighted by Crippen LogP contribution is -2.38.